The van der Waals surface area contributed by atoms with Crippen LogP contribution < -0.4 is 15.6 Å². The maximum atomic E-state index is 11.5. The minimum atomic E-state index is -0.646. The molecule has 0 unspecified atom stereocenters. The van der Waals surface area contributed by atoms with Gasteiger partial charge in [0.2, 0.25) is 5.82 Å². The number of rotatable bonds is 7. The number of anilines is 2. The van der Waals surface area contributed by atoms with Gasteiger partial charge in [-0.05, 0) is 36.4 Å². The summed E-state index contributed by atoms with van der Waals surface area (Å²) in [5.41, 5.74) is 6.08. The van der Waals surface area contributed by atoms with E-state index in [0.717, 1.165) is 6.33 Å². The number of nitrogens with one attached hydrogen (secondary N) is 2. The molecule has 1 aromatic heterocycles. The number of methoxy groups -OCH3 is 1. The van der Waals surface area contributed by atoms with E-state index in [9.17, 15) is 14.9 Å². The van der Waals surface area contributed by atoms with Crippen molar-refractivity contribution < 1.29 is 19.2 Å². The fourth-order valence-electron chi connectivity index (χ4n) is 2.23. The predicted octanol–water partition coefficient (Wildman–Crippen LogP) is 3.40. The number of para-hydroxylation sites is 1. The van der Waals surface area contributed by atoms with Gasteiger partial charge in [0, 0.05) is 0 Å². The number of esters is 1. The van der Waals surface area contributed by atoms with Crippen LogP contribution in [0, 0.1) is 10.1 Å². The lowest BCUT2D eigenvalue weighted by atomic mass is 10.2. The van der Waals surface area contributed by atoms with Gasteiger partial charge in [0.05, 0.1) is 23.3 Å². The van der Waals surface area contributed by atoms with E-state index in [2.05, 4.69) is 25.6 Å². The van der Waals surface area contributed by atoms with Gasteiger partial charge >= 0.3 is 17.5 Å². The number of hydrazine groups is 1. The first-order chi connectivity index (χ1) is 13.6. The molecule has 142 valence electrons. The number of nitrogens with zero attached hydrogens (tertiary/aromatic N) is 3. The Balaban J connectivity index is 1.82. The van der Waals surface area contributed by atoms with Crippen molar-refractivity contribution in [1.82, 2.24) is 9.97 Å². The topological polar surface area (TPSA) is 129 Å². The Kier molecular flexibility index (Phi) is 5.60. The first-order valence-corrected chi connectivity index (χ1v) is 8.01. The average molecular weight is 381 g/mol. The van der Waals surface area contributed by atoms with Crippen molar-refractivity contribution in [2.24, 2.45) is 0 Å². The number of hydrogen-bond donors (Lipinski definition) is 2. The molecule has 10 heteroatoms. The van der Waals surface area contributed by atoms with Crippen molar-refractivity contribution in [3.63, 3.8) is 0 Å². The van der Waals surface area contributed by atoms with E-state index in [4.69, 9.17) is 4.74 Å². The highest BCUT2D eigenvalue weighted by Crippen LogP contribution is 2.34. The highest BCUT2D eigenvalue weighted by Gasteiger charge is 2.25. The Morgan fingerprint density at radius 1 is 1.04 bits per heavy atom. The molecule has 0 aliphatic rings. The van der Waals surface area contributed by atoms with Crippen LogP contribution in [0.1, 0.15) is 10.4 Å². The molecule has 2 N–H and O–H groups in total. The molecule has 0 spiro atoms. The number of carbonyl (C=O) groups excluding carboxylic acids is 1. The summed E-state index contributed by atoms with van der Waals surface area (Å²) < 4.78 is 10.1. The minimum Gasteiger partial charge on any atom is -0.465 e. The highest BCUT2D eigenvalue weighted by atomic mass is 16.6. The van der Waals surface area contributed by atoms with Crippen molar-refractivity contribution in [2.45, 2.75) is 0 Å². The second-order valence-electron chi connectivity index (χ2n) is 5.37. The van der Waals surface area contributed by atoms with Crippen molar-refractivity contribution in [1.29, 1.82) is 0 Å². The Hall–Kier alpha value is -4.21. The highest BCUT2D eigenvalue weighted by molar-refractivity contribution is 5.89. The van der Waals surface area contributed by atoms with Crippen molar-refractivity contribution in [3.8, 4) is 11.6 Å². The normalized spacial score (nSPS) is 10.0. The number of ether oxygens (including phenoxy) is 2. The van der Waals surface area contributed by atoms with Crippen molar-refractivity contribution in [2.75, 3.05) is 18.0 Å². The summed E-state index contributed by atoms with van der Waals surface area (Å²) in [4.78, 5) is 30.1. The van der Waals surface area contributed by atoms with Crippen LogP contribution in [0.5, 0.6) is 11.6 Å². The molecule has 0 aliphatic carbocycles. The molecule has 3 rings (SSSR count). The van der Waals surface area contributed by atoms with Crippen LogP contribution in [0.3, 0.4) is 0 Å². The van der Waals surface area contributed by atoms with Gasteiger partial charge in [-0.2, -0.15) is 4.98 Å². The molecule has 3 aromatic rings. The molecule has 0 saturated carbocycles. The van der Waals surface area contributed by atoms with Crippen molar-refractivity contribution in [3.05, 3.63) is 76.6 Å². The standard InChI is InChI=1S/C18H15N5O5/c1-27-18(24)12-7-9-14(10-8-12)28-17-15(23(25)26)16(19-11-20-17)22-21-13-5-3-2-4-6-13/h2-11,21H,1H3,(H,19,20,22). The molecular weight excluding hydrogens is 366 g/mol. The largest absolute Gasteiger partial charge is 0.465 e. The van der Waals surface area contributed by atoms with E-state index in [-0.39, 0.29) is 17.4 Å². The maximum absolute atomic E-state index is 11.5. The van der Waals surface area contributed by atoms with E-state index in [0.29, 0.717) is 11.3 Å². The van der Waals surface area contributed by atoms with E-state index in [1.807, 2.05) is 18.2 Å². The summed E-state index contributed by atoms with van der Waals surface area (Å²) in [5, 5.41) is 11.5. The number of aromatic nitrogens is 2. The Labute approximate surface area is 159 Å². The van der Waals surface area contributed by atoms with E-state index >= 15 is 0 Å². The van der Waals surface area contributed by atoms with Crippen LogP contribution in [0.15, 0.2) is 60.9 Å². The zero-order valence-electron chi connectivity index (χ0n) is 14.7. The Morgan fingerprint density at radius 3 is 2.39 bits per heavy atom. The van der Waals surface area contributed by atoms with Gasteiger partial charge in [0.1, 0.15) is 12.1 Å². The lowest BCUT2D eigenvalue weighted by molar-refractivity contribution is -0.385. The van der Waals surface area contributed by atoms with Gasteiger partial charge in [-0.3, -0.25) is 21.0 Å². The predicted molar refractivity (Wildman–Crippen MR) is 100 cm³/mol. The number of hydrogen-bond acceptors (Lipinski definition) is 9. The third-order valence-electron chi connectivity index (χ3n) is 3.56. The van der Waals surface area contributed by atoms with Gasteiger partial charge in [0.25, 0.3) is 0 Å². The second-order valence-corrected chi connectivity index (χ2v) is 5.37. The zero-order valence-corrected chi connectivity index (χ0v) is 14.7. The lowest BCUT2D eigenvalue weighted by Crippen LogP contribution is -2.12. The molecule has 0 saturated heterocycles. The third kappa shape index (κ3) is 4.30. The van der Waals surface area contributed by atoms with Crippen LogP contribution in [0.2, 0.25) is 0 Å². The summed E-state index contributed by atoms with van der Waals surface area (Å²) in [6.45, 7) is 0. The summed E-state index contributed by atoms with van der Waals surface area (Å²) >= 11 is 0. The van der Waals surface area contributed by atoms with Crippen molar-refractivity contribution >= 4 is 23.2 Å². The Morgan fingerprint density at radius 2 is 1.75 bits per heavy atom. The smallest absolute Gasteiger partial charge is 0.374 e. The molecular formula is C18H15N5O5. The number of carbonyl (C=O) groups is 1. The van der Waals surface area contributed by atoms with Crippen LogP contribution in [0.25, 0.3) is 0 Å². The van der Waals surface area contributed by atoms with Crippen LogP contribution in [0.4, 0.5) is 17.2 Å². The molecule has 1 heterocycles. The number of benzene rings is 2. The van der Waals surface area contributed by atoms with E-state index < -0.39 is 16.6 Å². The third-order valence-corrected chi connectivity index (χ3v) is 3.56. The van der Waals surface area contributed by atoms with E-state index in [1.54, 1.807) is 12.1 Å². The first-order valence-electron chi connectivity index (χ1n) is 8.01. The molecule has 0 aliphatic heterocycles. The fourth-order valence-corrected chi connectivity index (χ4v) is 2.23. The van der Waals surface area contributed by atoms with Gasteiger partial charge in [-0.15, -0.1) is 0 Å². The molecule has 0 bridgehead atoms. The van der Waals surface area contributed by atoms with Crippen LogP contribution in [-0.4, -0.2) is 28.0 Å². The quantitative estimate of drug-likeness (QED) is 0.359. The molecule has 0 fully saturated rings. The van der Waals surface area contributed by atoms with Gasteiger partial charge < -0.3 is 9.47 Å². The van der Waals surface area contributed by atoms with Gasteiger partial charge in [-0.1, -0.05) is 18.2 Å². The second kappa shape index (κ2) is 8.45. The fraction of sp³-hybridized carbons (Fsp3) is 0.0556. The first kappa shape index (κ1) is 18.6. The maximum Gasteiger partial charge on any atom is 0.374 e. The molecule has 0 atom stereocenters. The molecule has 10 nitrogen and oxygen atoms in total. The average Bonchev–Trinajstić information content (AvgIpc) is 2.73. The van der Waals surface area contributed by atoms with Crippen LogP contribution in [-0.2, 0) is 4.74 Å². The molecule has 0 amide bonds. The summed E-state index contributed by atoms with van der Waals surface area (Å²) in [6.07, 6.45) is 1.14. The summed E-state index contributed by atoms with van der Waals surface area (Å²) in [6, 6.07) is 14.9. The van der Waals surface area contributed by atoms with Gasteiger partial charge in [0.15, 0.2) is 0 Å². The monoisotopic (exact) mass is 381 g/mol. The minimum absolute atomic E-state index is 0.0648. The zero-order chi connectivity index (χ0) is 19.9. The lowest BCUT2D eigenvalue weighted by Gasteiger charge is -2.11. The molecule has 28 heavy (non-hydrogen) atoms. The van der Waals surface area contributed by atoms with Gasteiger partial charge in [-0.25, -0.2) is 9.78 Å². The van der Waals surface area contributed by atoms with E-state index in [1.165, 1.54) is 31.4 Å². The Bertz CT molecular complexity index is 979. The SMILES string of the molecule is COC(=O)c1ccc(Oc2ncnc(NNc3ccccc3)c2[N+](=O)[O-])cc1. The van der Waals surface area contributed by atoms with Crippen LogP contribution >= 0.6 is 0 Å². The molecule has 2 aromatic carbocycles. The molecule has 0 radical (unpaired) electrons. The summed E-state index contributed by atoms with van der Waals surface area (Å²) in [7, 11) is 1.27. The number of nitro groups is 1. The summed E-state index contributed by atoms with van der Waals surface area (Å²) in [5.74, 6) is -0.553.